The van der Waals surface area contributed by atoms with Gasteiger partial charge in [-0.3, -0.25) is 0 Å². The van der Waals surface area contributed by atoms with Crippen LogP contribution in [0.2, 0.25) is 0 Å². The van der Waals surface area contributed by atoms with Crippen LogP contribution < -0.4 is 0 Å². The average Bonchev–Trinajstić information content (AvgIpc) is 2.70. The minimum absolute atomic E-state index is 0.148. The first-order chi connectivity index (χ1) is 14.2. The molecule has 0 radical (unpaired) electrons. The van der Waals surface area contributed by atoms with E-state index in [-0.39, 0.29) is 11.5 Å². The van der Waals surface area contributed by atoms with E-state index in [0.717, 1.165) is 62.6 Å². The number of halogens is 5. The molecule has 0 N–H and O–H groups in total. The Morgan fingerprint density at radius 2 is 1.60 bits per heavy atom. The number of hydrogen-bond acceptors (Lipinski definition) is 0. The summed E-state index contributed by atoms with van der Waals surface area (Å²) in [6.45, 7) is 6.18. The van der Waals surface area contributed by atoms with Crippen molar-refractivity contribution >= 4 is 0 Å². The van der Waals surface area contributed by atoms with Crippen LogP contribution in [0, 0.1) is 17.6 Å². The van der Waals surface area contributed by atoms with Crippen molar-refractivity contribution in [2.24, 2.45) is 5.92 Å². The lowest BCUT2D eigenvalue weighted by Gasteiger charge is -2.30. The summed E-state index contributed by atoms with van der Waals surface area (Å²) >= 11 is 0. The standard InChI is InChI=1S/C25H27F5/c1-3-16(2)8-9-17-10-12-18(13-11-17)20-6-4-5-7-21(20)19-14-22(26)24(23(27)15-19)25(28,29)30/h4-7,14-15,17-18H,2-3,8-13H2,1H3. The van der Waals surface area contributed by atoms with E-state index >= 15 is 0 Å². The maximum Gasteiger partial charge on any atom is 0.422 e. The van der Waals surface area contributed by atoms with Gasteiger partial charge >= 0.3 is 6.18 Å². The van der Waals surface area contributed by atoms with Crippen molar-refractivity contribution in [1.82, 2.24) is 0 Å². The van der Waals surface area contributed by atoms with Gasteiger partial charge in [0, 0.05) is 0 Å². The number of alkyl halides is 3. The summed E-state index contributed by atoms with van der Waals surface area (Å²) in [5.41, 5.74) is 1.14. The van der Waals surface area contributed by atoms with Crippen LogP contribution in [0.3, 0.4) is 0 Å². The van der Waals surface area contributed by atoms with E-state index in [2.05, 4.69) is 13.5 Å². The Kier molecular flexibility index (Phi) is 6.99. The van der Waals surface area contributed by atoms with Crippen molar-refractivity contribution in [2.45, 2.75) is 64.0 Å². The molecule has 162 valence electrons. The zero-order valence-electron chi connectivity index (χ0n) is 17.2. The topological polar surface area (TPSA) is 0 Å². The molecule has 0 amide bonds. The van der Waals surface area contributed by atoms with Crippen LogP contribution in [0.15, 0.2) is 48.6 Å². The third kappa shape index (κ3) is 5.11. The molecule has 1 fully saturated rings. The van der Waals surface area contributed by atoms with Crippen LogP contribution in [0.25, 0.3) is 11.1 Å². The van der Waals surface area contributed by atoms with Crippen molar-refractivity contribution in [3.05, 3.63) is 71.3 Å². The van der Waals surface area contributed by atoms with Gasteiger partial charge in [0.1, 0.15) is 17.2 Å². The van der Waals surface area contributed by atoms with Gasteiger partial charge in [-0.2, -0.15) is 13.2 Å². The lowest BCUT2D eigenvalue weighted by molar-refractivity contribution is -0.142. The highest BCUT2D eigenvalue weighted by molar-refractivity contribution is 5.69. The summed E-state index contributed by atoms with van der Waals surface area (Å²) in [7, 11) is 0. The minimum atomic E-state index is -5.06. The van der Waals surface area contributed by atoms with Gasteiger partial charge in [0.25, 0.3) is 0 Å². The SMILES string of the molecule is C=C(CC)CCC1CCC(c2ccccc2-c2cc(F)c(C(F)(F)F)c(F)c2)CC1. The Hall–Kier alpha value is -2.17. The number of hydrogen-bond donors (Lipinski definition) is 0. The Balaban J connectivity index is 1.80. The molecule has 0 saturated heterocycles. The first-order valence-corrected chi connectivity index (χ1v) is 10.5. The third-order valence-electron chi connectivity index (χ3n) is 6.29. The molecule has 0 heterocycles. The van der Waals surface area contributed by atoms with E-state index in [4.69, 9.17) is 0 Å². The molecule has 0 spiro atoms. The predicted octanol–water partition coefficient (Wildman–Crippen LogP) is 8.67. The lowest BCUT2D eigenvalue weighted by Crippen LogP contribution is -2.14. The molecule has 1 saturated carbocycles. The normalized spacial score (nSPS) is 19.7. The molecule has 3 rings (SSSR count). The number of rotatable bonds is 6. The van der Waals surface area contributed by atoms with E-state index in [1.54, 1.807) is 12.1 Å². The van der Waals surface area contributed by atoms with Crippen LogP contribution in [-0.4, -0.2) is 0 Å². The second-order valence-electron chi connectivity index (χ2n) is 8.26. The highest BCUT2D eigenvalue weighted by Crippen LogP contribution is 2.42. The molecule has 0 aromatic heterocycles. The van der Waals surface area contributed by atoms with Gasteiger partial charge in [-0.1, -0.05) is 43.3 Å². The molecule has 0 nitrogen and oxygen atoms in total. The molecular weight excluding hydrogens is 395 g/mol. The lowest BCUT2D eigenvalue weighted by atomic mass is 9.75. The minimum Gasteiger partial charge on any atom is -0.206 e. The van der Waals surface area contributed by atoms with Gasteiger partial charge in [-0.15, -0.1) is 0 Å². The summed E-state index contributed by atoms with van der Waals surface area (Å²) in [5.74, 6) is -2.27. The highest BCUT2D eigenvalue weighted by atomic mass is 19.4. The number of allylic oxidation sites excluding steroid dienone is 1. The zero-order chi connectivity index (χ0) is 21.9. The first kappa shape index (κ1) is 22.5. The fourth-order valence-electron chi connectivity index (χ4n) is 4.46. The molecule has 0 bridgehead atoms. The van der Waals surface area contributed by atoms with E-state index in [9.17, 15) is 22.0 Å². The Morgan fingerprint density at radius 1 is 1.00 bits per heavy atom. The van der Waals surface area contributed by atoms with Crippen molar-refractivity contribution in [3.63, 3.8) is 0 Å². The molecule has 2 aromatic rings. The highest BCUT2D eigenvalue weighted by Gasteiger charge is 2.38. The fourth-order valence-corrected chi connectivity index (χ4v) is 4.46. The van der Waals surface area contributed by atoms with Crippen molar-refractivity contribution < 1.29 is 22.0 Å². The van der Waals surface area contributed by atoms with Crippen LogP contribution in [0.4, 0.5) is 22.0 Å². The summed E-state index contributed by atoms with van der Waals surface area (Å²) in [5, 5.41) is 0. The fraction of sp³-hybridized carbons (Fsp3) is 0.440. The maximum atomic E-state index is 14.1. The molecule has 0 aliphatic heterocycles. The molecule has 5 heteroatoms. The largest absolute Gasteiger partial charge is 0.422 e. The second-order valence-corrected chi connectivity index (χ2v) is 8.26. The summed E-state index contributed by atoms with van der Waals surface area (Å²) in [4.78, 5) is 0. The average molecular weight is 422 g/mol. The van der Waals surface area contributed by atoms with Crippen molar-refractivity contribution in [3.8, 4) is 11.1 Å². The maximum absolute atomic E-state index is 14.1. The van der Waals surface area contributed by atoms with Gasteiger partial charge in [-0.25, -0.2) is 8.78 Å². The van der Waals surface area contributed by atoms with Gasteiger partial charge in [-0.05, 0) is 85.6 Å². The van der Waals surface area contributed by atoms with E-state index in [1.165, 1.54) is 5.57 Å². The summed E-state index contributed by atoms with van der Waals surface area (Å²) in [6, 6.07) is 8.86. The summed E-state index contributed by atoms with van der Waals surface area (Å²) < 4.78 is 67.0. The number of benzene rings is 2. The van der Waals surface area contributed by atoms with Gasteiger partial charge < -0.3 is 0 Å². The van der Waals surface area contributed by atoms with Crippen LogP contribution in [0.1, 0.15) is 68.9 Å². The Labute approximate surface area is 174 Å². The Bertz CT molecular complexity index is 866. The van der Waals surface area contributed by atoms with Crippen LogP contribution in [-0.2, 0) is 6.18 Å². The van der Waals surface area contributed by atoms with E-state index in [1.807, 2.05) is 12.1 Å². The molecule has 0 unspecified atom stereocenters. The van der Waals surface area contributed by atoms with Crippen LogP contribution >= 0.6 is 0 Å². The van der Waals surface area contributed by atoms with E-state index in [0.29, 0.717) is 11.5 Å². The van der Waals surface area contributed by atoms with Gasteiger partial charge in [0.05, 0.1) is 0 Å². The van der Waals surface area contributed by atoms with E-state index < -0.39 is 23.4 Å². The third-order valence-corrected chi connectivity index (χ3v) is 6.29. The molecule has 1 aliphatic carbocycles. The van der Waals surface area contributed by atoms with Crippen LogP contribution in [0.5, 0.6) is 0 Å². The van der Waals surface area contributed by atoms with Gasteiger partial charge in [0.15, 0.2) is 0 Å². The first-order valence-electron chi connectivity index (χ1n) is 10.5. The van der Waals surface area contributed by atoms with Crippen molar-refractivity contribution in [1.29, 1.82) is 0 Å². The predicted molar refractivity (Wildman–Crippen MR) is 110 cm³/mol. The summed E-state index contributed by atoms with van der Waals surface area (Å²) in [6.07, 6.45) is 2.20. The molecule has 2 aromatic carbocycles. The van der Waals surface area contributed by atoms with Crippen molar-refractivity contribution in [2.75, 3.05) is 0 Å². The monoisotopic (exact) mass is 422 g/mol. The molecular formula is C25H27F5. The molecule has 30 heavy (non-hydrogen) atoms. The Morgan fingerprint density at radius 3 is 2.17 bits per heavy atom. The molecule has 1 aliphatic rings. The molecule has 0 atom stereocenters. The smallest absolute Gasteiger partial charge is 0.206 e. The quantitative estimate of drug-likeness (QED) is 0.323. The van der Waals surface area contributed by atoms with Gasteiger partial charge in [0.2, 0.25) is 0 Å². The zero-order valence-corrected chi connectivity index (χ0v) is 17.2. The second kappa shape index (κ2) is 9.32.